The van der Waals surface area contributed by atoms with E-state index in [1.54, 1.807) is 20.8 Å². The summed E-state index contributed by atoms with van der Waals surface area (Å²) in [5.41, 5.74) is 1.44. The van der Waals surface area contributed by atoms with Crippen molar-refractivity contribution >= 4 is 11.6 Å². The number of ether oxygens (including phenoxy) is 1. The minimum Gasteiger partial charge on any atom is -0.490 e. The first-order valence-corrected chi connectivity index (χ1v) is 5.56. The van der Waals surface area contributed by atoms with Crippen molar-refractivity contribution in [3.05, 3.63) is 33.9 Å². The smallest absolute Gasteiger partial charge is 0.311 e. The topological polar surface area (TPSA) is 90.7 Å². The molecular weight excluding hydrogens is 252 g/mol. The molecule has 0 unspecified atom stereocenters. The first kappa shape index (κ1) is 14.9. The van der Waals surface area contributed by atoms with E-state index >= 15 is 0 Å². The summed E-state index contributed by atoms with van der Waals surface area (Å²) in [4.78, 5) is 27.3. The number of carbonyl (C=O) groups is 1. The molecule has 0 spiro atoms. The first-order valence-electron chi connectivity index (χ1n) is 5.56. The Labute approximate surface area is 110 Å². The zero-order chi connectivity index (χ0) is 14.6. The van der Waals surface area contributed by atoms with Gasteiger partial charge in [-0.3, -0.25) is 19.7 Å². The molecule has 1 aromatic carbocycles. The van der Waals surface area contributed by atoms with Gasteiger partial charge in [0.05, 0.1) is 23.2 Å². The Kier molecular flexibility index (Phi) is 4.44. The van der Waals surface area contributed by atoms with Crippen molar-refractivity contribution in [1.29, 1.82) is 0 Å². The normalized spacial score (nSPS) is 10.9. The highest BCUT2D eigenvalue weighted by molar-refractivity contribution is 5.97. The van der Waals surface area contributed by atoms with Crippen LogP contribution in [0.25, 0.3) is 0 Å². The van der Waals surface area contributed by atoms with Crippen LogP contribution in [0.5, 0.6) is 5.75 Å². The van der Waals surface area contributed by atoms with Crippen molar-refractivity contribution in [3.8, 4) is 5.75 Å². The molecule has 1 rings (SSSR count). The van der Waals surface area contributed by atoms with Crippen molar-refractivity contribution < 1.29 is 19.3 Å². The number of amides is 1. The van der Waals surface area contributed by atoms with Crippen molar-refractivity contribution in [2.75, 3.05) is 7.11 Å². The molecule has 0 aliphatic carbocycles. The predicted octanol–water partition coefficient (Wildman–Crippen LogP) is 2.06. The quantitative estimate of drug-likeness (QED) is 0.666. The minimum absolute atomic E-state index is 0.0425. The van der Waals surface area contributed by atoms with Crippen LogP contribution in [0.2, 0.25) is 0 Å². The van der Waals surface area contributed by atoms with Crippen LogP contribution in [-0.2, 0) is 4.84 Å². The molecule has 1 N–H and O–H groups in total. The fraction of sp³-hybridized carbons (Fsp3) is 0.417. The number of para-hydroxylation sites is 1. The van der Waals surface area contributed by atoms with Gasteiger partial charge in [-0.15, -0.1) is 0 Å². The number of rotatable bonds is 4. The van der Waals surface area contributed by atoms with E-state index in [1.165, 1.54) is 25.3 Å². The Hall–Kier alpha value is -2.15. The predicted molar refractivity (Wildman–Crippen MR) is 68.0 cm³/mol. The van der Waals surface area contributed by atoms with Gasteiger partial charge >= 0.3 is 5.69 Å². The highest BCUT2D eigenvalue weighted by atomic mass is 16.7. The summed E-state index contributed by atoms with van der Waals surface area (Å²) in [6.45, 7) is 5.29. The van der Waals surface area contributed by atoms with Crippen molar-refractivity contribution in [2.45, 2.75) is 26.4 Å². The van der Waals surface area contributed by atoms with Gasteiger partial charge in [-0.1, -0.05) is 6.07 Å². The van der Waals surface area contributed by atoms with Crippen LogP contribution >= 0.6 is 0 Å². The molecule has 7 heteroatoms. The number of hydrogen-bond acceptors (Lipinski definition) is 5. The monoisotopic (exact) mass is 268 g/mol. The van der Waals surface area contributed by atoms with Gasteiger partial charge in [0.1, 0.15) is 0 Å². The molecule has 1 amide bonds. The van der Waals surface area contributed by atoms with E-state index in [2.05, 4.69) is 5.48 Å². The lowest BCUT2D eigenvalue weighted by molar-refractivity contribution is -0.385. The average Bonchev–Trinajstić information content (AvgIpc) is 2.33. The van der Waals surface area contributed by atoms with E-state index in [-0.39, 0.29) is 17.0 Å². The van der Waals surface area contributed by atoms with Crippen LogP contribution in [0.3, 0.4) is 0 Å². The van der Waals surface area contributed by atoms with Crippen molar-refractivity contribution in [2.24, 2.45) is 0 Å². The third-order valence-corrected chi connectivity index (χ3v) is 2.09. The molecule has 7 nitrogen and oxygen atoms in total. The summed E-state index contributed by atoms with van der Waals surface area (Å²) < 4.78 is 4.93. The molecule has 1 aromatic rings. The average molecular weight is 268 g/mol. The van der Waals surface area contributed by atoms with E-state index in [0.717, 1.165) is 0 Å². The molecule has 19 heavy (non-hydrogen) atoms. The molecule has 0 saturated carbocycles. The second kappa shape index (κ2) is 5.66. The number of nitro groups is 1. The van der Waals surface area contributed by atoms with Gasteiger partial charge < -0.3 is 4.74 Å². The number of nitro benzene ring substituents is 1. The van der Waals surface area contributed by atoms with E-state index in [4.69, 9.17) is 9.57 Å². The summed E-state index contributed by atoms with van der Waals surface area (Å²) >= 11 is 0. The fourth-order valence-electron chi connectivity index (χ4n) is 1.32. The van der Waals surface area contributed by atoms with E-state index < -0.39 is 16.4 Å². The zero-order valence-electron chi connectivity index (χ0n) is 11.2. The lowest BCUT2D eigenvalue weighted by atomic mass is 10.1. The maximum Gasteiger partial charge on any atom is 0.311 e. The van der Waals surface area contributed by atoms with Crippen molar-refractivity contribution in [3.63, 3.8) is 0 Å². The molecule has 0 radical (unpaired) electrons. The molecule has 0 atom stereocenters. The summed E-state index contributed by atoms with van der Waals surface area (Å²) in [5.74, 6) is -0.696. The molecule has 0 saturated heterocycles. The van der Waals surface area contributed by atoms with Gasteiger partial charge in [0.15, 0.2) is 0 Å². The van der Waals surface area contributed by atoms with Crippen LogP contribution in [0, 0.1) is 10.1 Å². The summed E-state index contributed by atoms with van der Waals surface area (Å²) in [7, 11) is 1.27. The highest BCUT2D eigenvalue weighted by Crippen LogP contribution is 2.30. The maximum absolute atomic E-state index is 11.9. The van der Waals surface area contributed by atoms with E-state index in [1.807, 2.05) is 0 Å². The van der Waals surface area contributed by atoms with Crippen LogP contribution in [0.15, 0.2) is 18.2 Å². The second-order valence-electron chi connectivity index (χ2n) is 4.76. The van der Waals surface area contributed by atoms with Crippen LogP contribution in [0.1, 0.15) is 31.1 Å². The molecule has 104 valence electrons. The largest absolute Gasteiger partial charge is 0.490 e. The fourth-order valence-corrected chi connectivity index (χ4v) is 1.32. The van der Waals surface area contributed by atoms with Crippen LogP contribution in [-0.4, -0.2) is 23.5 Å². The number of hydroxylamine groups is 1. The number of nitrogens with one attached hydrogen (secondary N) is 1. The highest BCUT2D eigenvalue weighted by Gasteiger charge is 2.23. The van der Waals surface area contributed by atoms with Gasteiger partial charge in [-0.25, -0.2) is 5.48 Å². The lowest BCUT2D eigenvalue weighted by Gasteiger charge is -2.19. The second-order valence-corrected chi connectivity index (χ2v) is 4.76. The number of nitrogens with zero attached hydrogens (tertiary/aromatic N) is 1. The number of benzene rings is 1. The van der Waals surface area contributed by atoms with Crippen LogP contribution < -0.4 is 10.2 Å². The van der Waals surface area contributed by atoms with E-state index in [0.29, 0.717) is 0 Å². The Bertz CT molecular complexity index is 493. The number of methoxy groups -OCH3 is 1. The summed E-state index contributed by atoms with van der Waals surface area (Å²) in [6, 6.07) is 4.10. The lowest BCUT2D eigenvalue weighted by Crippen LogP contribution is -2.33. The Morgan fingerprint density at radius 3 is 2.47 bits per heavy atom. The Morgan fingerprint density at radius 1 is 1.37 bits per heavy atom. The Morgan fingerprint density at radius 2 is 2.00 bits per heavy atom. The summed E-state index contributed by atoms with van der Waals surface area (Å²) in [6.07, 6.45) is 0. The molecule has 0 fully saturated rings. The number of carbonyl (C=O) groups excluding carboxylic acids is 1. The third-order valence-electron chi connectivity index (χ3n) is 2.09. The maximum atomic E-state index is 11.9. The van der Waals surface area contributed by atoms with Gasteiger partial charge in [-0.2, -0.15) is 0 Å². The van der Waals surface area contributed by atoms with Gasteiger partial charge in [0.2, 0.25) is 5.75 Å². The zero-order valence-corrected chi connectivity index (χ0v) is 11.2. The van der Waals surface area contributed by atoms with E-state index in [9.17, 15) is 14.9 Å². The Balaban J connectivity index is 3.03. The molecule has 0 bridgehead atoms. The number of hydrogen-bond donors (Lipinski definition) is 1. The van der Waals surface area contributed by atoms with Crippen LogP contribution in [0.4, 0.5) is 5.69 Å². The van der Waals surface area contributed by atoms with Gasteiger partial charge in [-0.05, 0) is 26.8 Å². The SMILES string of the molecule is COc1c(C(=O)NOC(C)(C)C)cccc1[N+](=O)[O-]. The van der Waals surface area contributed by atoms with Gasteiger partial charge in [0.25, 0.3) is 5.91 Å². The van der Waals surface area contributed by atoms with Gasteiger partial charge in [0, 0.05) is 6.07 Å². The van der Waals surface area contributed by atoms with Crippen molar-refractivity contribution in [1.82, 2.24) is 5.48 Å². The molecule has 0 aliphatic heterocycles. The molecule has 0 aromatic heterocycles. The molecule has 0 aliphatic rings. The molecule has 0 heterocycles. The summed E-state index contributed by atoms with van der Waals surface area (Å²) in [5, 5.41) is 10.8. The standard InChI is InChI=1S/C12H16N2O5/c1-12(2,3)19-13-11(15)8-6-5-7-9(14(16)17)10(8)18-4/h5-7H,1-4H3,(H,13,15). The molecular formula is C12H16N2O5. The minimum atomic E-state index is -0.611. The first-order chi connectivity index (χ1) is 8.76. The third kappa shape index (κ3) is 3.92.